The molecule has 102 valence electrons. The van der Waals surface area contributed by atoms with Crippen molar-refractivity contribution >= 4 is 0 Å². The van der Waals surface area contributed by atoms with E-state index >= 15 is 0 Å². The zero-order chi connectivity index (χ0) is 13.5. The lowest BCUT2D eigenvalue weighted by Crippen LogP contribution is -2.12. The molecule has 0 atom stereocenters. The van der Waals surface area contributed by atoms with Gasteiger partial charge in [-0.3, -0.25) is 9.67 Å². The van der Waals surface area contributed by atoms with E-state index in [2.05, 4.69) is 29.2 Å². The summed E-state index contributed by atoms with van der Waals surface area (Å²) in [6.07, 6.45) is 6.47. The fourth-order valence-electron chi connectivity index (χ4n) is 1.75. The molecule has 5 nitrogen and oxygen atoms in total. The number of ether oxygens (including phenoxy) is 1. The van der Waals surface area contributed by atoms with Gasteiger partial charge < -0.3 is 10.1 Å². The average molecular weight is 260 g/mol. The molecule has 2 rings (SSSR count). The van der Waals surface area contributed by atoms with Gasteiger partial charge in [-0.15, -0.1) is 0 Å². The van der Waals surface area contributed by atoms with Crippen LogP contribution in [0.1, 0.15) is 26.0 Å². The van der Waals surface area contributed by atoms with E-state index in [0.717, 1.165) is 43.2 Å². The number of rotatable bonds is 7. The van der Waals surface area contributed by atoms with Crippen LogP contribution in [0.15, 0.2) is 30.7 Å². The Kier molecular flexibility index (Phi) is 4.92. The Morgan fingerprint density at radius 3 is 3.00 bits per heavy atom. The van der Waals surface area contributed by atoms with Crippen molar-refractivity contribution in [3.05, 3.63) is 36.4 Å². The van der Waals surface area contributed by atoms with Gasteiger partial charge in [0.25, 0.3) is 0 Å². The maximum Gasteiger partial charge on any atom is 0.165 e. The van der Waals surface area contributed by atoms with Crippen molar-refractivity contribution in [1.29, 1.82) is 0 Å². The third-order valence-electron chi connectivity index (χ3n) is 2.64. The molecule has 0 bridgehead atoms. The van der Waals surface area contributed by atoms with E-state index in [0.29, 0.717) is 0 Å². The zero-order valence-corrected chi connectivity index (χ0v) is 11.5. The molecule has 5 heteroatoms. The summed E-state index contributed by atoms with van der Waals surface area (Å²) in [6.45, 7) is 6.78. The fourth-order valence-corrected chi connectivity index (χ4v) is 1.75. The van der Waals surface area contributed by atoms with Crippen molar-refractivity contribution in [2.45, 2.75) is 33.4 Å². The van der Waals surface area contributed by atoms with Gasteiger partial charge in [0.15, 0.2) is 5.75 Å². The van der Waals surface area contributed by atoms with E-state index in [9.17, 15) is 0 Å². The molecule has 0 aliphatic rings. The molecule has 0 saturated heterocycles. The highest BCUT2D eigenvalue weighted by molar-refractivity contribution is 5.28. The molecule has 0 unspecified atom stereocenters. The number of nitrogens with zero attached hydrogens (tertiary/aromatic N) is 3. The highest BCUT2D eigenvalue weighted by Crippen LogP contribution is 2.20. The molecule has 2 aromatic rings. The third-order valence-corrected chi connectivity index (χ3v) is 2.64. The van der Waals surface area contributed by atoms with Crippen molar-refractivity contribution in [2.24, 2.45) is 0 Å². The van der Waals surface area contributed by atoms with Crippen LogP contribution in [-0.2, 0) is 13.1 Å². The molecule has 0 aromatic carbocycles. The van der Waals surface area contributed by atoms with E-state index in [-0.39, 0.29) is 0 Å². The summed E-state index contributed by atoms with van der Waals surface area (Å²) in [4.78, 5) is 4.29. The highest BCUT2D eigenvalue weighted by Gasteiger charge is 2.02. The van der Waals surface area contributed by atoms with Gasteiger partial charge in [-0.25, -0.2) is 0 Å². The third kappa shape index (κ3) is 4.06. The largest absolute Gasteiger partial charge is 0.454 e. The molecule has 0 spiro atoms. The van der Waals surface area contributed by atoms with Gasteiger partial charge in [0.05, 0.1) is 18.1 Å². The molecule has 2 aromatic heterocycles. The Balaban J connectivity index is 2.01. The summed E-state index contributed by atoms with van der Waals surface area (Å²) in [5, 5.41) is 7.48. The summed E-state index contributed by atoms with van der Waals surface area (Å²) in [5.41, 5.74) is 0.973. The minimum atomic E-state index is 0.753. The Bertz CT molecular complexity index is 510. The Morgan fingerprint density at radius 1 is 1.32 bits per heavy atom. The minimum Gasteiger partial charge on any atom is -0.454 e. The van der Waals surface area contributed by atoms with Crippen molar-refractivity contribution < 1.29 is 4.74 Å². The molecular formula is C14H20N4O. The first-order chi connectivity index (χ1) is 9.31. The lowest BCUT2D eigenvalue weighted by Gasteiger charge is -2.05. The van der Waals surface area contributed by atoms with Crippen LogP contribution in [0, 0.1) is 0 Å². The van der Waals surface area contributed by atoms with Crippen molar-refractivity contribution in [3.63, 3.8) is 0 Å². The van der Waals surface area contributed by atoms with Crippen molar-refractivity contribution in [3.8, 4) is 11.5 Å². The first kappa shape index (κ1) is 13.5. The molecule has 0 saturated carbocycles. The van der Waals surface area contributed by atoms with Gasteiger partial charge in [0.1, 0.15) is 5.75 Å². The van der Waals surface area contributed by atoms with Crippen LogP contribution in [0.4, 0.5) is 0 Å². The monoisotopic (exact) mass is 260 g/mol. The van der Waals surface area contributed by atoms with Gasteiger partial charge >= 0.3 is 0 Å². The van der Waals surface area contributed by atoms with Crippen LogP contribution in [-0.4, -0.2) is 21.3 Å². The first-order valence-electron chi connectivity index (χ1n) is 6.67. The minimum absolute atomic E-state index is 0.753. The van der Waals surface area contributed by atoms with E-state index in [1.165, 1.54) is 0 Å². The summed E-state index contributed by atoms with van der Waals surface area (Å²) >= 11 is 0. The Labute approximate surface area is 113 Å². The lowest BCUT2D eigenvalue weighted by molar-refractivity contribution is 0.478. The summed E-state index contributed by atoms with van der Waals surface area (Å²) in [5.74, 6) is 1.55. The Morgan fingerprint density at radius 2 is 2.21 bits per heavy atom. The van der Waals surface area contributed by atoms with Crippen molar-refractivity contribution in [2.75, 3.05) is 6.54 Å². The van der Waals surface area contributed by atoms with Crippen LogP contribution < -0.4 is 10.1 Å². The smallest absolute Gasteiger partial charge is 0.165 e. The second kappa shape index (κ2) is 6.89. The topological polar surface area (TPSA) is 52.0 Å². The van der Waals surface area contributed by atoms with E-state index in [1.807, 2.05) is 23.0 Å². The number of aromatic nitrogens is 3. The van der Waals surface area contributed by atoms with E-state index in [1.54, 1.807) is 12.4 Å². The molecule has 1 N–H and O–H groups in total. The maximum absolute atomic E-state index is 5.77. The van der Waals surface area contributed by atoms with Gasteiger partial charge in [0.2, 0.25) is 0 Å². The molecule has 2 heterocycles. The zero-order valence-electron chi connectivity index (χ0n) is 11.5. The van der Waals surface area contributed by atoms with Crippen LogP contribution >= 0.6 is 0 Å². The average Bonchev–Trinajstić information content (AvgIpc) is 2.85. The molecule has 0 radical (unpaired) electrons. The molecule has 0 aliphatic carbocycles. The first-order valence-corrected chi connectivity index (χ1v) is 6.67. The van der Waals surface area contributed by atoms with Crippen LogP contribution in [0.3, 0.4) is 0 Å². The van der Waals surface area contributed by atoms with E-state index < -0.39 is 0 Å². The molecule has 0 fully saturated rings. The lowest BCUT2D eigenvalue weighted by atomic mass is 10.3. The van der Waals surface area contributed by atoms with Crippen molar-refractivity contribution in [1.82, 2.24) is 20.1 Å². The summed E-state index contributed by atoms with van der Waals surface area (Å²) in [7, 11) is 0. The second-order valence-electron chi connectivity index (χ2n) is 4.30. The van der Waals surface area contributed by atoms with Gasteiger partial charge in [0, 0.05) is 25.4 Å². The summed E-state index contributed by atoms with van der Waals surface area (Å²) < 4.78 is 7.66. The predicted octanol–water partition coefficient (Wildman–Crippen LogP) is 2.59. The molecule has 0 amide bonds. The van der Waals surface area contributed by atoms with Gasteiger partial charge in [-0.05, 0) is 19.0 Å². The number of nitrogens with one attached hydrogen (secondary N) is 1. The predicted molar refractivity (Wildman–Crippen MR) is 74.2 cm³/mol. The molecule has 19 heavy (non-hydrogen) atoms. The summed E-state index contributed by atoms with van der Waals surface area (Å²) in [6, 6.07) is 3.80. The molecular weight excluding hydrogens is 240 g/mol. The van der Waals surface area contributed by atoms with E-state index in [4.69, 9.17) is 4.74 Å². The van der Waals surface area contributed by atoms with Crippen LogP contribution in [0.25, 0.3) is 0 Å². The van der Waals surface area contributed by atoms with Gasteiger partial charge in [-0.1, -0.05) is 13.8 Å². The van der Waals surface area contributed by atoms with Crippen LogP contribution in [0.5, 0.6) is 11.5 Å². The van der Waals surface area contributed by atoms with Gasteiger partial charge in [-0.2, -0.15) is 5.10 Å². The maximum atomic E-state index is 5.77. The number of aryl methyl sites for hydroxylation is 1. The molecule has 0 aliphatic heterocycles. The quantitative estimate of drug-likeness (QED) is 0.831. The number of pyridine rings is 1. The fraction of sp³-hybridized carbons (Fsp3) is 0.429. The standard InChI is InChI=1S/C14H20N4O/c1-3-7-18-11-14(10-17-18)19-13-5-6-16-12(8-13)9-15-4-2/h5-6,8,10-11,15H,3-4,7,9H2,1-2H3. The Hall–Kier alpha value is -1.88. The SMILES string of the molecule is CCCn1cc(Oc2ccnc(CNCC)c2)cn1. The number of hydrogen-bond acceptors (Lipinski definition) is 4. The normalized spacial score (nSPS) is 10.6. The number of hydrogen-bond donors (Lipinski definition) is 1. The van der Waals surface area contributed by atoms with Crippen LogP contribution in [0.2, 0.25) is 0 Å². The highest BCUT2D eigenvalue weighted by atomic mass is 16.5. The second-order valence-corrected chi connectivity index (χ2v) is 4.30.